The van der Waals surface area contributed by atoms with Crippen molar-refractivity contribution in [2.45, 2.75) is 45.6 Å². The molecule has 0 aliphatic carbocycles. The molecular formula is C22H28N2O2. The van der Waals surface area contributed by atoms with Crippen molar-refractivity contribution in [1.82, 2.24) is 0 Å². The molecule has 1 saturated heterocycles. The molecule has 1 aliphatic rings. The Hall–Kier alpha value is -2.49. The van der Waals surface area contributed by atoms with Crippen LogP contribution in [0.3, 0.4) is 0 Å². The van der Waals surface area contributed by atoms with Crippen LogP contribution in [0.5, 0.6) is 5.75 Å². The molecule has 1 N–H and O–H groups in total. The van der Waals surface area contributed by atoms with Crippen molar-refractivity contribution in [2.24, 2.45) is 0 Å². The largest absolute Gasteiger partial charge is 0.491 e. The third-order valence-electron chi connectivity index (χ3n) is 4.88. The maximum absolute atomic E-state index is 12.7. The van der Waals surface area contributed by atoms with E-state index in [1.807, 2.05) is 49.4 Å². The van der Waals surface area contributed by atoms with Gasteiger partial charge in [-0.1, -0.05) is 19.1 Å². The lowest BCUT2D eigenvalue weighted by Gasteiger charge is -2.30. The number of carbonyl (C=O) groups is 1. The fourth-order valence-electron chi connectivity index (χ4n) is 3.18. The molecule has 0 unspecified atom stereocenters. The van der Waals surface area contributed by atoms with E-state index in [1.165, 1.54) is 19.3 Å². The SMILES string of the molecule is CC[C@@H](C)Oc1ccc(C(=O)Nc2ccccc2N2CCCCC2)cc1. The summed E-state index contributed by atoms with van der Waals surface area (Å²) in [5.74, 6) is 0.703. The Kier molecular flexibility index (Phi) is 6.16. The van der Waals surface area contributed by atoms with Gasteiger partial charge >= 0.3 is 0 Å². The third kappa shape index (κ3) is 4.57. The van der Waals surface area contributed by atoms with E-state index in [9.17, 15) is 4.79 Å². The number of nitrogens with zero attached hydrogens (tertiary/aromatic N) is 1. The van der Waals surface area contributed by atoms with Crippen molar-refractivity contribution in [2.75, 3.05) is 23.3 Å². The van der Waals surface area contributed by atoms with E-state index in [0.717, 1.165) is 36.6 Å². The van der Waals surface area contributed by atoms with Gasteiger partial charge in [-0.15, -0.1) is 0 Å². The monoisotopic (exact) mass is 352 g/mol. The summed E-state index contributed by atoms with van der Waals surface area (Å²) < 4.78 is 5.78. The molecule has 0 aromatic heterocycles. The summed E-state index contributed by atoms with van der Waals surface area (Å²) in [6.07, 6.45) is 4.83. The van der Waals surface area contributed by atoms with Gasteiger partial charge in [0.05, 0.1) is 17.5 Å². The molecule has 0 saturated carbocycles. The second-order valence-electron chi connectivity index (χ2n) is 6.88. The molecular weight excluding hydrogens is 324 g/mol. The fourth-order valence-corrected chi connectivity index (χ4v) is 3.18. The zero-order chi connectivity index (χ0) is 18.4. The van der Waals surface area contributed by atoms with E-state index in [-0.39, 0.29) is 12.0 Å². The fraction of sp³-hybridized carbons (Fsp3) is 0.409. The van der Waals surface area contributed by atoms with Crippen LogP contribution >= 0.6 is 0 Å². The number of carbonyl (C=O) groups excluding carboxylic acids is 1. The van der Waals surface area contributed by atoms with Gasteiger partial charge in [-0.2, -0.15) is 0 Å². The molecule has 4 nitrogen and oxygen atoms in total. The van der Waals surface area contributed by atoms with Crippen LogP contribution in [-0.4, -0.2) is 25.1 Å². The average molecular weight is 352 g/mol. The van der Waals surface area contributed by atoms with E-state index in [4.69, 9.17) is 4.74 Å². The quantitative estimate of drug-likeness (QED) is 0.786. The normalized spacial score (nSPS) is 15.4. The molecule has 4 heteroatoms. The topological polar surface area (TPSA) is 41.6 Å². The molecule has 3 rings (SSSR count). The van der Waals surface area contributed by atoms with E-state index in [1.54, 1.807) is 0 Å². The number of ether oxygens (including phenoxy) is 1. The number of amides is 1. The van der Waals surface area contributed by atoms with E-state index >= 15 is 0 Å². The molecule has 0 spiro atoms. The summed E-state index contributed by atoms with van der Waals surface area (Å²) >= 11 is 0. The molecule has 2 aromatic carbocycles. The van der Waals surface area contributed by atoms with Crippen LogP contribution in [0.2, 0.25) is 0 Å². The highest BCUT2D eigenvalue weighted by atomic mass is 16.5. The van der Waals surface area contributed by atoms with Gasteiger partial charge in [-0.3, -0.25) is 4.79 Å². The smallest absolute Gasteiger partial charge is 0.255 e. The highest BCUT2D eigenvalue weighted by Gasteiger charge is 2.16. The summed E-state index contributed by atoms with van der Waals surface area (Å²) in [7, 11) is 0. The standard InChI is InChI=1S/C22H28N2O2/c1-3-17(2)26-19-13-11-18(12-14-19)22(25)23-20-9-5-6-10-21(20)24-15-7-4-8-16-24/h5-6,9-14,17H,3-4,7-8,15-16H2,1-2H3,(H,23,25)/t17-/m1/s1. The van der Waals surface area contributed by atoms with Gasteiger partial charge in [0.2, 0.25) is 0 Å². The predicted octanol–water partition coefficient (Wildman–Crippen LogP) is 5.11. The summed E-state index contributed by atoms with van der Waals surface area (Å²) in [4.78, 5) is 15.0. The maximum Gasteiger partial charge on any atom is 0.255 e. The Balaban J connectivity index is 1.70. The van der Waals surface area contributed by atoms with Crippen LogP contribution in [0.15, 0.2) is 48.5 Å². The Labute approximate surface area is 156 Å². The Morgan fingerprint density at radius 3 is 2.46 bits per heavy atom. The first kappa shape index (κ1) is 18.3. The van der Waals surface area contributed by atoms with E-state index in [2.05, 4.69) is 23.2 Å². The molecule has 26 heavy (non-hydrogen) atoms. The summed E-state index contributed by atoms with van der Waals surface area (Å²) in [6, 6.07) is 15.4. The van der Waals surface area contributed by atoms with Gasteiger partial charge in [0.1, 0.15) is 5.75 Å². The summed E-state index contributed by atoms with van der Waals surface area (Å²) in [5, 5.41) is 3.07. The third-order valence-corrected chi connectivity index (χ3v) is 4.88. The Morgan fingerprint density at radius 1 is 1.08 bits per heavy atom. The molecule has 0 radical (unpaired) electrons. The lowest BCUT2D eigenvalue weighted by Crippen LogP contribution is -2.30. The first-order valence-corrected chi connectivity index (χ1v) is 9.59. The number of rotatable bonds is 6. The second kappa shape index (κ2) is 8.75. The predicted molar refractivity (Wildman–Crippen MR) is 107 cm³/mol. The minimum atomic E-state index is -0.0930. The second-order valence-corrected chi connectivity index (χ2v) is 6.88. The lowest BCUT2D eigenvalue weighted by molar-refractivity contribution is 0.102. The van der Waals surface area contributed by atoms with Gasteiger partial charge in [0.15, 0.2) is 0 Å². The number of anilines is 2. The van der Waals surface area contributed by atoms with Crippen molar-refractivity contribution in [3.05, 3.63) is 54.1 Å². The van der Waals surface area contributed by atoms with Crippen molar-refractivity contribution in [1.29, 1.82) is 0 Å². The molecule has 138 valence electrons. The first-order chi connectivity index (χ1) is 12.7. The molecule has 2 aromatic rings. The molecule has 1 aliphatic heterocycles. The van der Waals surface area contributed by atoms with E-state index in [0.29, 0.717) is 5.56 Å². The van der Waals surface area contributed by atoms with Gasteiger partial charge in [0.25, 0.3) is 5.91 Å². The number of hydrogen-bond acceptors (Lipinski definition) is 3. The number of hydrogen-bond donors (Lipinski definition) is 1. The van der Waals surface area contributed by atoms with Gasteiger partial charge in [-0.25, -0.2) is 0 Å². The van der Waals surface area contributed by atoms with E-state index < -0.39 is 0 Å². The summed E-state index contributed by atoms with van der Waals surface area (Å²) in [6.45, 7) is 6.23. The molecule has 0 bridgehead atoms. The zero-order valence-corrected chi connectivity index (χ0v) is 15.7. The molecule has 1 heterocycles. The van der Waals surface area contributed by atoms with Crippen molar-refractivity contribution >= 4 is 17.3 Å². The van der Waals surface area contributed by atoms with Gasteiger partial charge in [0, 0.05) is 18.7 Å². The number of nitrogens with one attached hydrogen (secondary N) is 1. The van der Waals surface area contributed by atoms with Crippen LogP contribution in [0, 0.1) is 0 Å². The minimum Gasteiger partial charge on any atom is -0.491 e. The van der Waals surface area contributed by atoms with Crippen molar-refractivity contribution in [3.63, 3.8) is 0 Å². The van der Waals surface area contributed by atoms with Crippen LogP contribution in [0.4, 0.5) is 11.4 Å². The lowest BCUT2D eigenvalue weighted by atomic mass is 10.1. The van der Waals surface area contributed by atoms with Gasteiger partial charge < -0.3 is 15.0 Å². The highest BCUT2D eigenvalue weighted by Crippen LogP contribution is 2.28. The molecule has 1 fully saturated rings. The summed E-state index contributed by atoms with van der Waals surface area (Å²) in [5.41, 5.74) is 2.62. The zero-order valence-electron chi connectivity index (χ0n) is 15.7. The van der Waals surface area contributed by atoms with Crippen LogP contribution < -0.4 is 15.0 Å². The van der Waals surface area contributed by atoms with Crippen LogP contribution in [0.1, 0.15) is 49.9 Å². The maximum atomic E-state index is 12.7. The number of benzene rings is 2. The first-order valence-electron chi connectivity index (χ1n) is 9.59. The number of para-hydroxylation sites is 2. The minimum absolute atomic E-state index is 0.0930. The van der Waals surface area contributed by atoms with Gasteiger partial charge in [-0.05, 0) is 69.0 Å². The highest BCUT2D eigenvalue weighted by molar-refractivity contribution is 6.06. The van der Waals surface area contributed by atoms with Crippen LogP contribution in [0.25, 0.3) is 0 Å². The van der Waals surface area contributed by atoms with Crippen LogP contribution in [-0.2, 0) is 0 Å². The molecule has 1 atom stereocenters. The van der Waals surface area contributed by atoms with Crippen molar-refractivity contribution < 1.29 is 9.53 Å². The average Bonchev–Trinajstić information content (AvgIpc) is 2.69. The van der Waals surface area contributed by atoms with Crippen molar-refractivity contribution in [3.8, 4) is 5.75 Å². The number of piperidine rings is 1. The molecule has 1 amide bonds. The Morgan fingerprint density at radius 2 is 1.77 bits per heavy atom. The Bertz CT molecular complexity index is 721.